The van der Waals surface area contributed by atoms with Gasteiger partial charge in [-0.1, -0.05) is 59.1 Å². The number of benzene rings is 1. The Kier molecular flexibility index (Phi) is 6.97. The third-order valence-corrected chi connectivity index (χ3v) is 3.79. The number of rotatable bonds is 8. The molecule has 0 radical (unpaired) electrons. The SMILES string of the molecule is CC(C)CC(C)CCCC(C)Cc1ccc(O)cc1. The third-order valence-electron chi connectivity index (χ3n) is 3.79. The lowest BCUT2D eigenvalue weighted by atomic mass is 9.90. The van der Waals surface area contributed by atoms with Crippen LogP contribution in [-0.4, -0.2) is 5.11 Å². The Morgan fingerprint density at radius 2 is 1.47 bits per heavy atom. The van der Waals surface area contributed by atoms with Gasteiger partial charge in [-0.25, -0.2) is 0 Å². The standard InChI is InChI=1S/C18H30O/c1-14(2)12-15(3)6-5-7-16(4)13-17-8-10-18(19)11-9-17/h8-11,14-16,19H,5-7,12-13H2,1-4H3. The average Bonchev–Trinajstić information content (AvgIpc) is 2.31. The van der Waals surface area contributed by atoms with Gasteiger partial charge in [0.1, 0.15) is 5.75 Å². The maximum Gasteiger partial charge on any atom is 0.115 e. The van der Waals surface area contributed by atoms with Crippen LogP contribution in [0.5, 0.6) is 5.75 Å². The van der Waals surface area contributed by atoms with Crippen molar-refractivity contribution in [3.63, 3.8) is 0 Å². The van der Waals surface area contributed by atoms with E-state index >= 15 is 0 Å². The van der Waals surface area contributed by atoms with Gasteiger partial charge in [-0.3, -0.25) is 0 Å². The zero-order valence-corrected chi connectivity index (χ0v) is 13.0. The van der Waals surface area contributed by atoms with E-state index in [-0.39, 0.29) is 0 Å². The molecule has 19 heavy (non-hydrogen) atoms. The summed E-state index contributed by atoms with van der Waals surface area (Å²) in [4.78, 5) is 0. The topological polar surface area (TPSA) is 20.2 Å². The van der Waals surface area contributed by atoms with E-state index in [0.717, 1.165) is 24.2 Å². The average molecular weight is 262 g/mol. The van der Waals surface area contributed by atoms with Crippen molar-refractivity contribution in [2.24, 2.45) is 17.8 Å². The number of hydrogen-bond acceptors (Lipinski definition) is 1. The van der Waals surface area contributed by atoms with Gasteiger partial charge in [-0.05, 0) is 48.3 Å². The summed E-state index contributed by atoms with van der Waals surface area (Å²) in [5.74, 6) is 2.78. The molecule has 0 saturated heterocycles. The van der Waals surface area contributed by atoms with Crippen molar-refractivity contribution in [1.82, 2.24) is 0 Å². The lowest BCUT2D eigenvalue weighted by Gasteiger charge is -2.16. The Labute approximate surface area is 119 Å². The van der Waals surface area contributed by atoms with E-state index in [1.54, 1.807) is 12.1 Å². The monoisotopic (exact) mass is 262 g/mol. The summed E-state index contributed by atoms with van der Waals surface area (Å²) in [6.07, 6.45) is 6.49. The van der Waals surface area contributed by atoms with Crippen LogP contribution in [0, 0.1) is 17.8 Å². The summed E-state index contributed by atoms with van der Waals surface area (Å²) in [5.41, 5.74) is 1.33. The Hall–Kier alpha value is -0.980. The molecule has 108 valence electrons. The third kappa shape index (κ3) is 7.25. The quantitative estimate of drug-likeness (QED) is 0.663. The molecule has 0 spiro atoms. The molecule has 0 aromatic heterocycles. The van der Waals surface area contributed by atoms with Crippen LogP contribution in [0.15, 0.2) is 24.3 Å². The van der Waals surface area contributed by atoms with E-state index in [4.69, 9.17) is 0 Å². The van der Waals surface area contributed by atoms with Crippen LogP contribution < -0.4 is 0 Å². The summed E-state index contributed by atoms with van der Waals surface area (Å²) < 4.78 is 0. The van der Waals surface area contributed by atoms with E-state index < -0.39 is 0 Å². The number of hydrogen-bond donors (Lipinski definition) is 1. The summed E-state index contributed by atoms with van der Waals surface area (Å²) in [5, 5.41) is 9.27. The number of aromatic hydroxyl groups is 1. The Balaban J connectivity index is 2.21. The summed E-state index contributed by atoms with van der Waals surface area (Å²) in [7, 11) is 0. The Bertz CT molecular complexity index is 339. The van der Waals surface area contributed by atoms with Crippen LogP contribution in [-0.2, 0) is 6.42 Å². The zero-order valence-electron chi connectivity index (χ0n) is 13.0. The van der Waals surface area contributed by atoms with E-state index in [0.29, 0.717) is 5.75 Å². The molecule has 0 bridgehead atoms. The Morgan fingerprint density at radius 1 is 0.895 bits per heavy atom. The zero-order chi connectivity index (χ0) is 14.3. The molecular formula is C18H30O. The highest BCUT2D eigenvalue weighted by atomic mass is 16.3. The van der Waals surface area contributed by atoms with Crippen molar-refractivity contribution in [1.29, 1.82) is 0 Å². The summed E-state index contributed by atoms with van der Waals surface area (Å²) in [6.45, 7) is 9.33. The molecule has 2 atom stereocenters. The van der Waals surface area contributed by atoms with Crippen LogP contribution in [0.25, 0.3) is 0 Å². The second-order valence-electron chi connectivity index (χ2n) is 6.64. The van der Waals surface area contributed by atoms with Crippen LogP contribution in [0.3, 0.4) is 0 Å². The fourth-order valence-corrected chi connectivity index (χ4v) is 2.87. The van der Waals surface area contributed by atoms with Gasteiger partial charge < -0.3 is 5.11 Å². The highest BCUT2D eigenvalue weighted by Crippen LogP contribution is 2.21. The highest BCUT2D eigenvalue weighted by Gasteiger charge is 2.08. The van der Waals surface area contributed by atoms with Gasteiger partial charge in [0.25, 0.3) is 0 Å². The number of phenolic OH excluding ortho intramolecular Hbond substituents is 1. The van der Waals surface area contributed by atoms with E-state index in [9.17, 15) is 5.11 Å². The molecule has 2 unspecified atom stereocenters. The van der Waals surface area contributed by atoms with Crippen molar-refractivity contribution in [2.75, 3.05) is 0 Å². The summed E-state index contributed by atoms with van der Waals surface area (Å²) >= 11 is 0. The molecule has 1 N–H and O–H groups in total. The normalized spacial score (nSPS) is 14.6. The van der Waals surface area contributed by atoms with Crippen molar-refractivity contribution in [2.45, 2.75) is 59.8 Å². The van der Waals surface area contributed by atoms with Crippen molar-refractivity contribution < 1.29 is 5.11 Å². The molecule has 0 aliphatic rings. The van der Waals surface area contributed by atoms with Crippen LogP contribution in [0.1, 0.15) is 58.9 Å². The molecule has 0 amide bonds. The van der Waals surface area contributed by atoms with Gasteiger partial charge in [0.2, 0.25) is 0 Å². The molecule has 1 aromatic carbocycles. The molecule has 1 aromatic rings. The van der Waals surface area contributed by atoms with Gasteiger partial charge in [-0.2, -0.15) is 0 Å². The minimum Gasteiger partial charge on any atom is -0.508 e. The lowest BCUT2D eigenvalue weighted by molar-refractivity contribution is 0.382. The molecule has 1 rings (SSSR count). The molecular weight excluding hydrogens is 232 g/mol. The van der Waals surface area contributed by atoms with E-state index in [1.165, 1.54) is 31.2 Å². The van der Waals surface area contributed by atoms with Crippen LogP contribution >= 0.6 is 0 Å². The first-order chi connectivity index (χ1) is 8.97. The minimum atomic E-state index is 0.360. The molecule has 1 heteroatoms. The number of phenols is 1. The largest absolute Gasteiger partial charge is 0.508 e. The van der Waals surface area contributed by atoms with Crippen molar-refractivity contribution in [3.05, 3.63) is 29.8 Å². The van der Waals surface area contributed by atoms with Crippen LogP contribution in [0.4, 0.5) is 0 Å². The fourth-order valence-electron chi connectivity index (χ4n) is 2.87. The minimum absolute atomic E-state index is 0.360. The molecule has 0 aliphatic carbocycles. The predicted molar refractivity (Wildman–Crippen MR) is 83.4 cm³/mol. The predicted octanol–water partition coefficient (Wildman–Crippen LogP) is 5.42. The molecule has 0 saturated carbocycles. The second-order valence-corrected chi connectivity index (χ2v) is 6.64. The molecule has 0 aliphatic heterocycles. The molecule has 0 heterocycles. The maximum atomic E-state index is 9.27. The second kappa shape index (κ2) is 8.24. The van der Waals surface area contributed by atoms with Crippen molar-refractivity contribution >= 4 is 0 Å². The van der Waals surface area contributed by atoms with Gasteiger partial charge in [-0.15, -0.1) is 0 Å². The first kappa shape index (κ1) is 16.1. The smallest absolute Gasteiger partial charge is 0.115 e. The molecule has 0 fully saturated rings. The van der Waals surface area contributed by atoms with Gasteiger partial charge in [0, 0.05) is 0 Å². The maximum absolute atomic E-state index is 9.27. The first-order valence-electron chi connectivity index (χ1n) is 7.75. The van der Waals surface area contributed by atoms with Crippen molar-refractivity contribution in [3.8, 4) is 5.75 Å². The Morgan fingerprint density at radius 3 is 2.05 bits per heavy atom. The lowest BCUT2D eigenvalue weighted by Crippen LogP contribution is -2.03. The highest BCUT2D eigenvalue weighted by molar-refractivity contribution is 5.26. The summed E-state index contributed by atoms with van der Waals surface area (Å²) in [6, 6.07) is 7.64. The van der Waals surface area contributed by atoms with E-state index in [2.05, 4.69) is 27.7 Å². The first-order valence-corrected chi connectivity index (χ1v) is 7.75. The van der Waals surface area contributed by atoms with Crippen LogP contribution in [0.2, 0.25) is 0 Å². The fraction of sp³-hybridized carbons (Fsp3) is 0.667. The molecule has 1 nitrogen and oxygen atoms in total. The van der Waals surface area contributed by atoms with Gasteiger partial charge >= 0.3 is 0 Å². The van der Waals surface area contributed by atoms with Gasteiger partial charge in [0.15, 0.2) is 0 Å². The van der Waals surface area contributed by atoms with E-state index in [1.807, 2.05) is 12.1 Å². The van der Waals surface area contributed by atoms with Gasteiger partial charge in [0.05, 0.1) is 0 Å².